The molecular formula is C23H18ClFN2O2. The molecule has 0 heterocycles. The van der Waals surface area contributed by atoms with Gasteiger partial charge in [-0.25, -0.2) is 4.39 Å². The summed E-state index contributed by atoms with van der Waals surface area (Å²) in [5.74, 6) is -1.57. The number of carbonyl (C=O) groups excluding carboxylic acids is 2. The number of benzene rings is 3. The van der Waals surface area contributed by atoms with Crippen LogP contribution in [0.5, 0.6) is 0 Å². The molecule has 0 spiro atoms. The van der Waals surface area contributed by atoms with Gasteiger partial charge in [-0.3, -0.25) is 9.59 Å². The van der Waals surface area contributed by atoms with Crippen LogP contribution in [0.25, 0.3) is 6.08 Å². The predicted octanol–water partition coefficient (Wildman–Crippen LogP) is 5.20. The van der Waals surface area contributed by atoms with E-state index in [0.717, 1.165) is 5.56 Å². The van der Waals surface area contributed by atoms with Crippen LogP contribution in [0.2, 0.25) is 5.02 Å². The molecule has 2 amide bonds. The first-order chi connectivity index (χ1) is 13.9. The zero-order chi connectivity index (χ0) is 20.8. The number of amides is 2. The number of nitrogens with one attached hydrogen (secondary N) is 2. The van der Waals surface area contributed by atoms with E-state index in [0.29, 0.717) is 16.3 Å². The second kappa shape index (κ2) is 9.17. The van der Waals surface area contributed by atoms with E-state index in [2.05, 4.69) is 10.6 Å². The predicted molar refractivity (Wildman–Crippen MR) is 113 cm³/mol. The van der Waals surface area contributed by atoms with Crippen molar-refractivity contribution in [1.29, 1.82) is 0 Å². The number of rotatable bonds is 5. The van der Waals surface area contributed by atoms with E-state index in [4.69, 9.17) is 11.6 Å². The van der Waals surface area contributed by atoms with Gasteiger partial charge in [-0.05, 0) is 55.5 Å². The first-order valence-corrected chi connectivity index (χ1v) is 9.21. The maximum Gasteiger partial charge on any atom is 0.272 e. The van der Waals surface area contributed by atoms with Crippen molar-refractivity contribution in [3.05, 3.63) is 106 Å². The van der Waals surface area contributed by atoms with Crippen molar-refractivity contribution in [3.63, 3.8) is 0 Å². The van der Waals surface area contributed by atoms with Crippen LogP contribution in [0.3, 0.4) is 0 Å². The Morgan fingerprint density at radius 3 is 2.24 bits per heavy atom. The third-order valence-corrected chi connectivity index (χ3v) is 4.37. The summed E-state index contributed by atoms with van der Waals surface area (Å²) >= 11 is 5.86. The molecule has 0 aromatic heterocycles. The van der Waals surface area contributed by atoms with Gasteiger partial charge in [-0.1, -0.05) is 47.5 Å². The Morgan fingerprint density at radius 1 is 0.931 bits per heavy atom. The first-order valence-electron chi connectivity index (χ1n) is 8.83. The first kappa shape index (κ1) is 20.3. The maximum atomic E-state index is 14.1. The quantitative estimate of drug-likeness (QED) is 0.570. The van der Waals surface area contributed by atoms with Gasteiger partial charge < -0.3 is 10.6 Å². The Bertz CT molecular complexity index is 1060. The zero-order valence-corrected chi connectivity index (χ0v) is 16.3. The topological polar surface area (TPSA) is 58.2 Å². The van der Waals surface area contributed by atoms with E-state index in [9.17, 15) is 14.0 Å². The number of halogens is 2. The lowest BCUT2D eigenvalue weighted by atomic mass is 10.1. The van der Waals surface area contributed by atoms with Crippen LogP contribution in [0.15, 0.2) is 78.5 Å². The van der Waals surface area contributed by atoms with E-state index in [1.54, 1.807) is 60.7 Å². The summed E-state index contributed by atoms with van der Waals surface area (Å²) in [6, 6.07) is 19.4. The van der Waals surface area contributed by atoms with E-state index < -0.39 is 17.6 Å². The normalized spacial score (nSPS) is 11.1. The van der Waals surface area contributed by atoms with Gasteiger partial charge in [0.05, 0.1) is 0 Å². The van der Waals surface area contributed by atoms with E-state index in [-0.39, 0.29) is 11.3 Å². The molecule has 0 unspecified atom stereocenters. The molecule has 3 rings (SSSR count). The average molecular weight is 409 g/mol. The number of hydrogen-bond acceptors (Lipinski definition) is 2. The Labute approximate surface area is 173 Å². The molecule has 146 valence electrons. The lowest BCUT2D eigenvalue weighted by Crippen LogP contribution is -2.30. The molecule has 29 heavy (non-hydrogen) atoms. The third-order valence-electron chi connectivity index (χ3n) is 4.11. The molecule has 0 aliphatic rings. The minimum Gasteiger partial charge on any atom is -0.321 e. The Balaban J connectivity index is 1.89. The van der Waals surface area contributed by atoms with Gasteiger partial charge in [-0.15, -0.1) is 0 Å². The highest BCUT2D eigenvalue weighted by atomic mass is 35.5. The van der Waals surface area contributed by atoms with Gasteiger partial charge in [-0.2, -0.15) is 0 Å². The fraction of sp³-hybridized carbons (Fsp3) is 0.0435. The number of hydrogen-bond donors (Lipinski definition) is 2. The molecule has 0 aliphatic heterocycles. The van der Waals surface area contributed by atoms with Gasteiger partial charge in [0, 0.05) is 21.8 Å². The molecule has 0 bridgehead atoms. The fourth-order valence-electron chi connectivity index (χ4n) is 2.54. The highest BCUT2D eigenvalue weighted by molar-refractivity contribution is 6.30. The van der Waals surface area contributed by atoms with Gasteiger partial charge in [0.25, 0.3) is 11.8 Å². The van der Waals surface area contributed by atoms with Crippen molar-refractivity contribution in [2.45, 2.75) is 6.92 Å². The highest BCUT2D eigenvalue weighted by Crippen LogP contribution is 2.16. The van der Waals surface area contributed by atoms with Crippen molar-refractivity contribution in [1.82, 2.24) is 5.32 Å². The van der Waals surface area contributed by atoms with Crippen LogP contribution in [-0.2, 0) is 4.79 Å². The standard InChI is InChI=1S/C23H18ClFN2O2/c1-15-6-8-16(9-7-15)22(28)27-21(14-17-4-2-3-5-20(17)25)23(29)26-19-12-10-18(24)11-13-19/h2-14H,1H3,(H,26,29)(H,27,28)/b21-14+. The smallest absolute Gasteiger partial charge is 0.272 e. The van der Waals surface area contributed by atoms with Crippen molar-refractivity contribution in [3.8, 4) is 0 Å². The molecule has 0 saturated carbocycles. The van der Waals surface area contributed by atoms with Gasteiger partial charge >= 0.3 is 0 Å². The number of carbonyl (C=O) groups is 2. The molecule has 0 atom stereocenters. The van der Waals surface area contributed by atoms with E-state index in [1.165, 1.54) is 18.2 Å². The minimum absolute atomic E-state index is 0.0874. The average Bonchev–Trinajstić information content (AvgIpc) is 2.71. The molecular weight excluding hydrogens is 391 g/mol. The van der Waals surface area contributed by atoms with Crippen LogP contribution in [0.1, 0.15) is 21.5 Å². The Kier molecular flexibility index (Phi) is 6.42. The molecule has 6 heteroatoms. The van der Waals surface area contributed by atoms with Crippen molar-refractivity contribution in [2.75, 3.05) is 5.32 Å². The third kappa shape index (κ3) is 5.53. The Morgan fingerprint density at radius 2 is 1.59 bits per heavy atom. The highest BCUT2D eigenvalue weighted by Gasteiger charge is 2.16. The second-order valence-corrected chi connectivity index (χ2v) is 6.80. The molecule has 4 nitrogen and oxygen atoms in total. The number of aryl methyl sites for hydroxylation is 1. The van der Waals surface area contributed by atoms with Crippen LogP contribution >= 0.6 is 11.6 Å². The summed E-state index contributed by atoms with van der Waals surface area (Å²) in [4.78, 5) is 25.4. The van der Waals surface area contributed by atoms with Crippen molar-refractivity contribution < 1.29 is 14.0 Å². The monoisotopic (exact) mass is 408 g/mol. The van der Waals surface area contributed by atoms with Crippen molar-refractivity contribution >= 4 is 35.2 Å². The lowest BCUT2D eigenvalue weighted by molar-refractivity contribution is -0.113. The summed E-state index contributed by atoms with van der Waals surface area (Å²) in [7, 11) is 0. The summed E-state index contributed by atoms with van der Waals surface area (Å²) in [5.41, 5.74) is 1.97. The van der Waals surface area contributed by atoms with Gasteiger partial charge in [0.1, 0.15) is 11.5 Å². The summed E-state index contributed by atoms with van der Waals surface area (Å²) < 4.78 is 14.1. The van der Waals surface area contributed by atoms with Crippen LogP contribution in [-0.4, -0.2) is 11.8 Å². The molecule has 0 fully saturated rings. The van der Waals surface area contributed by atoms with Crippen LogP contribution in [0, 0.1) is 12.7 Å². The van der Waals surface area contributed by atoms with Crippen LogP contribution < -0.4 is 10.6 Å². The minimum atomic E-state index is -0.587. The van der Waals surface area contributed by atoms with Gasteiger partial charge in [0.15, 0.2) is 0 Å². The number of anilines is 1. The summed E-state index contributed by atoms with van der Waals surface area (Å²) in [5, 5.41) is 5.77. The lowest BCUT2D eigenvalue weighted by Gasteiger charge is -2.12. The molecule has 3 aromatic rings. The molecule has 0 radical (unpaired) electrons. The summed E-state index contributed by atoms with van der Waals surface area (Å²) in [6.45, 7) is 1.91. The fourth-order valence-corrected chi connectivity index (χ4v) is 2.66. The van der Waals surface area contributed by atoms with E-state index >= 15 is 0 Å². The van der Waals surface area contributed by atoms with Gasteiger partial charge in [0.2, 0.25) is 0 Å². The Hall–Kier alpha value is -3.44. The molecule has 0 saturated heterocycles. The summed E-state index contributed by atoms with van der Waals surface area (Å²) in [6.07, 6.45) is 1.30. The molecule has 2 N–H and O–H groups in total. The van der Waals surface area contributed by atoms with Crippen LogP contribution in [0.4, 0.5) is 10.1 Å². The maximum absolute atomic E-state index is 14.1. The van der Waals surface area contributed by atoms with E-state index in [1.807, 2.05) is 6.92 Å². The molecule has 3 aromatic carbocycles. The second-order valence-electron chi connectivity index (χ2n) is 6.36. The molecule has 0 aliphatic carbocycles. The zero-order valence-electron chi connectivity index (χ0n) is 15.6. The largest absolute Gasteiger partial charge is 0.321 e. The van der Waals surface area contributed by atoms with Crippen molar-refractivity contribution in [2.24, 2.45) is 0 Å². The SMILES string of the molecule is Cc1ccc(C(=O)N/C(=C/c2ccccc2F)C(=O)Nc2ccc(Cl)cc2)cc1.